The normalized spacial score (nSPS) is 17.2. The van der Waals surface area contributed by atoms with Gasteiger partial charge in [0.1, 0.15) is 17.5 Å². The summed E-state index contributed by atoms with van der Waals surface area (Å²) in [5.41, 5.74) is 12.3. The lowest BCUT2D eigenvalue weighted by Crippen LogP contribution is -2.54. The minimum atomic E-state index is -4.75. The second kappa shape index (κ2) is 7.77. The Bertz CT molecular complexity index is 1130. The molecule has 0 bridgehead atoms. The van der Waals surface area contributed by atoms with Crippen molar-refractivity contribution < 1.29 is 17.0 Å². The number of benzene rings is 2. The van der Waals surface area contributed by atoms with Crippen LogP contribution in [0.25, 0.3) is 0 Å². The van der Waals surface area contributed by atoms with Gasteiger partial charge in [0.2, 0.25) is 11.9 Å². The minimum Gasteiger partial charge on any atom is -0.484 e. The zero-order valence-corrected chi connectivity index (χ0v) is 18.1. The molecule has 160 valence electrons. The number of ether oxygens (including phenoxy) is 1. The third-order valence-corrected chi connectivity index (χ3v) is 5.63. The van der Waals surface area contributed by atoms with Gasteiger partial charge in [0, 0.05) is 5.69 Å². The number of rotatable bonds is 5. The van der Waals surface area contributed by atoms with E-state index in [0.29, 0.717) is 22.0 Å². The lowest BCUT2D eigenvalue weighted by atomic mass is 10.1. The molecule has 1 atom stereocenters. The van der Waals surface area contributed by atoms with Crippen LogP contribution < -0.4 is 21.1 Å². The topological polar surface area (TPSA) is 123 Å². The van der Waals surface area contributed by atoms with Crippen LogP contribution in [0.3, 0.4) is 0 Å². The fourth-order valence-corrected chi connectivity index (χ4v) is 3.82. The van der Waals surface area contributed by atoms with Gasteiger partial charge in [-0.25, -0.2) is 4.99 Å². The molecule has 1 aliphatic rings. The van der Waals surface area contributed by atoms with E-state index in [2.05, 4.69) is 9.98 Å². The maximum Gasteiger partial charge on any atom is 0.332 e. The molecule has 0 saturated carbocycles. The monoisotopic (exact) mass is 453 g/mol. The predicted molar refractivity (Wildman–Crippen MR) is 115 cm³/mol. The number of aliphatic imine (C=N–C) groups is 2. The van der Waals surface area contributed by atoms with Gasteiger partial charge in [0.25, 0.3) is 0 Å². The molecule has 2 aromatic rings. The third-order valence-electron chi connectivity index (χ3n) is 4.50. The predicted octanol–water partition coefficient (Wildman–Crippen LogP) is 3.32. The summed E-state index contributed by atoms with van der Waals surface area (Å²) in [6.07, 6.45) is -0.466. The lowest BCUT2D eigenvalue weighted by molar-refractivity contribution is 0.227. The molecule has 0 aliphatic carbocycles. The Kier molecular flexibility index (Phi) is 5.66. The molecule has 8 nitrogen and oxygen atoms in total. The van der Waals surface area contributed by atoms with Gasteiger partial charge in [0.05, 0.1) is 9.92 Å². The molecule has 1 heterocycles. The molecule has 11 heteroatoms. The van der Waals surface area contributed by atoms with E-state index < -0.39 is 26.9 Å². The van der Waals surface area contributed by atoms with Crippen molar-refractivity contribution in [3.05, 3.63) is 53.1 Å². The number of halogens is 2. The van der Waals surface area contributed by atoms with Crippen LogP contribution in [0.1, 0.15) is 32.4 Å². The Balaban J connectivity index is 1.82. The molecule has 0 aromatic heterocycles. The van der Waals surface area contributed by atoms with Gasteiger partial charge < -0.3 is 16.2 Å². The van der Waals surface area contributed by atoms with E-state index in [0.717, 1.165) is 0 Å². The number of guanidine groups is 2. The summed E-state index contributed by atoms with van der Waals surface area (Å²) >= 11 is 6.41. The Morgan fingerprint density at radius 3 is 2.33 bits per heavy atom. The highest BCUT2D eigenvalue weighted by atomic mass is 35.5. The number of nitrogens with two attached hydrogens (primary N) is 2. The molecule has 4 N–H and O–H groups in total. The highest BCUT2D eigenvalue weighted by Crippen LogP contribution is 2.35. The van der Waals surface area contributed by atoms with E-state index in [1.54, 1.807) is 30.0 Å². The smallest absolute Gasteiger partial charge is 0.332 e. The van der Waals surface area contributed by atoms with Crippen molar-refractivity contribution >= 4 is 39.4 Å². The number of hydrogen-bond acceptors (Lipinski definition) is 8. The minimum absolute atomic E-state index is 0.0974. The Morgan fingerprint density at radius 2 is 1.80 bits per heavy atom. The summed E-state index contributed by atoms with van der Waals surface area (Å²) in [6.45, 7) is 5.44. The molecule has 3 rings (SSSR count). The van der Waals surface area contributed by atoms with E-state index >= 15 is 0 Å². The fraction of sp³-hybridized carbons (Fsp3) is 0.263. The van der Waals surface area contributed by atoms with Crippen molar-refractivity contribution in [3.8, 4) is 5.75 Å². The molecule has 0 spiro atoms. The van der Waals surface area contributed by atoms with Crippen molar-refractivity contribution in [3.63, 3.8) is 0 Å². The van der Waals surface area contributed by atoms with Crippen LogP contribution in [0.5, 0.6) is 5.75 Å². The van der Waals surface area contributed by atoms with Crippen LogP contribution in [-0.2, 0) is 10.2 Å². The summed E-state index contributed by atoms with van der Waals surface area (Å²) in [7, 11) is -4.75. The zero-order valence-electron chi connectivity index (χ0n) is 16.5. The molecule has 0 radical (unpaired) electrons. The van der Waals surface area contributed by atoms with Crippen LogP contribution in [-0.4, -0.2) is 26.0 Å². The lowest BCUT2D eigenvalue weighted by Gasteiger charge is -2.38. The van der Waals surface area contributed by atoms with Crippen LogP contribution in [0.15, 0.2) is 57.3 Å². The second-order valence-electron chi connectivity index (χ2n) is 7.15. The highest BCUT2D eigenvalue weighted by Gasteiger charge is 2.33. The highest BCUT2D eigenvalue weighted by molar-refractivity contribution is 7.86. The van der Waals surface area contributed by atoms with Gasteiger partial charge in [0.15, 0.2) is 0 Å². The molecular formula is C19H21ClFN5O3S. The van der Waals surface area contributed by atoms with Crippen molar-refractivity contribution in [1.82, 2.24) is 0 Å². The Hall–Kier alpha value is -2.85. The first-order valence-corrected chi connectivity index (χ1v) is 10.7. The Labute approximate surface area is 179 Å². The average Bonchev–Trinajstić information content (AvgIpc) is 2.61. The number of hydrogen-bond donors (Lipinski definition) is 2. The van der Waals surface area contributed by atoms with Gasteiger partial charge in [-0.3, -0.25) is 4.90 Å². The summed E-state index contributed by atoms with van der Waals surface area (Å²) in [4.78, 5) is 9.58. The molecule has 0 saturated heterocycles. The summed E-state index contributed by atoms with van der Waals surface area (Å²) in [6, 6.07) is 10.4. The van der Waals surface area contributed by atoms with Crippen molar-refractivity contribution in [2.24, 2.45) is 21.5 Å². The first-order valence-electron chi connectivity index (χ1n) is 8.89. The summed E-state index contributed by atoms with van der Waals surface area (Å²) in [5, 5.41) is 0.327. The van der Waals surface area contributed by atoms with E-state index in [-0.39, 0.29) is 11.9 Å². The average molecular weight is 454 g/mol. The molecule has 1 unspecified atom stereocenters. The molecule has 30 heavy (non-hydrogen) atoms. The summed E-state index contributed by atoms with van der Waals surface area (Å²) in [5.74, 6) is 0.692. The first-order chi connectivity index (χ1) is 13.9. The SMILES string of the molecule is CC(Oc1ccc(N2C(N)=NC(N)=NC2(C)C)cc1Cl)c1ccc(S(=O)(=O)F)cc1. The van der Waals surface area contributed by atoms with E-state index in [9.17, 15) is 12.3 Å². The Morgan fingerprint density at radius 1 is 1.17 bits per heavy atom. The molecule has 0 amide bonds. The van der Waals surface area contributed by atoms with Crippen LogP contribution in [0.2, 0.25) is 5.02 Å². The molecule has 0 fully saturated rings. The fourth-order valence-electron chi connectivity index (χ4n) is 3.14. The molecule has 2 aromatic carbocycles. The van der Waals surface area contributed by atoms with Crippen molar-refractivity contribution in [1.29, 1.82) is 0 Å². The van der Waals surface area contributed by atoms with E-state index in [1.165, 1.54) is 24.3 Å². The summed E-state index contributed by atoms with van der Waals surface area (Å²) < 4.78 is 40.8. The zero-order chi connectivity index (χ0) is 22.3. The molecular weight excluding hydrogens is 433 g/mol. The van der Waals surface area contributed by atoms with Gasteiger partial charge in [-0.05, 0) is 56.7 Å². The maximum absolute atomic E-state index is 13.0. The standard InChI is InChI=1S/C19H21ClFN5O3S/c1-11(12-4-7-14(8-5-12)30(21,27)28)29-16-9-6-13(10-15(16)20)26-18(23)24-17(22)25-19(26,2)3/h4-11H,1-3H3,(H4,22,23,24,25). The maximum atomic E-state index is 13.0. The number of anilines is 1. The van der Waals surface area contributed by atoms with Crippen molar-refractivity contribution in [2.75, 3.05) is 4.90 Å². The van der Waals surface area contributed by atoms with Crippen LogP contribution in [0, 0.1) is 0 Å². The van der Waals surface area contributed by atoms with Gasteiger partial charge in [-0.1, -0.05) is 23.7 Å². The van der Waals surface area contributed by atoms with Crippen molar-refractivity contribution in [2.45, 2.75) is 37.4 Å². The third kappa shape index (κ3) is 4.49. The van der Waals surface area contributed by atoms with Crippen LogP contribution in [0.4, 0.5) is 9.57 Å². The number of nitrogens with zero attached hydrogens (tertiary/aromatic N) is 3. The van der Waals surface area contributed by atoms with E-state index in [4.69, 9.17) is 27.8 Å². The van der Waals surface area contributed by atoms with Crippen LogP contribution >= 0.6 is 11.6 Å². The van der Waals surface area contributed by atoms with Gasteiger partial charge in [-0.2, -0.15) is 13.4 Å². The molecule has 1 aliphatic heterocycles. The quantitative estimate of drug-likeness (QED) is 0.669. The largest absolute Gasteiger partial charge is 0.484 e. The first kappa shape index (κ1) is 21.8. The van der Waals surface area contributed by atoms with Gasteiger partial charge in [-0.15, -0.1) is 3.89 Å². The second-order valence-corrected chi connectivity index (χ2v) is 8.91. The van der Waals surface area contributed by atoms with E-state index in [1.807, 2.05) is 13.8 Å². The van der Waals surface area contributed by atoms with Gasteiger partial charge >= 0.3 is 10.2 Å².